The summed E-state index contributed by atoms with van der Waals surface area (Å²) in [6, 6.07) is 3.51. The Morgan fingerprint density at radius 1 is 1.41 bits per heavy atom. The van der Waals surface area contributed by atoms with Gasteiger partial charge in [-0.15, -0.1) is 0 Å². The van der Waals surface area contributed by atoms with Gasteiger partial charge in [0, 0.05) is 33.1 Å². The van der Waals surface area contributed by atoms with Crippen molar-refractivity contribution in [2.24, 2.45) is 11.5 Å². The van der Waals surface area contributed by atoms with Crippen LogP contribution in [0.1, 0.15) is 0 Å². The first kappa shape index (κ1) is 13.3. The summed E-state index contributed by atoms with van der Waals surface area (Å²) in [6.45, 7) is 0. The molecule has 90 valence electrons. The maximum Gasteiger partial charge on any atom is 0.255 e. The van der Waals surface area contributed by atoms with E-state index in [0.717, 1.165) is 11.1 Å². The molecule has 2 amide bonds. The Kier molecular flexibility index (Phi) is 4.73. The lowest BCUT2D eigenvalue weighted by Crippen LogP contribution is -2.28. The fourth-order valence-corrected chi connectivity index (χ4v) is 2.06. The number of rotatable bonds is 5. The van der Waals surface area contributed by atoms with Crippen molar-refractivity contribution in [1.82, 2.24) is 9.71 Å². The maximum absolute atomic E-state index is 10.9. The minimum absolute atomic E-state index is 0.323. The molecule has 1 rings (SSSR count). The average Bonchev–Trinajstić information content (AvgIpc) is 2.29. The average molecular weight is 270 g/mol. The van der Waals surface area contributed by atoms with Crippen molar-refractivity contribution in [2.75, 3.05) is 0 Å². The molecule has 0 saturated carbocycles. The summed E-state index contributed by atoms with van der Waals surface area (Å²) < 4.78 is 2.70. The molecule has 5 N–H and O–H groups in total. The molecule has 1 aromatic rings. The van der Waals surface area contributed by atoms with Gasteiger partial charge in [0.15, 0.2) is 0 Å². The van der Waals surface area contributed by atoms with Crippen molar-refractivity contribution >= 4 is 32.6 Å². The third-order valence-corrected chi connectivity index (χ3v) is 3.56. The molecule has 0 aliphatic rings. The highest BCUT2D eigenvalue weighted by atomic mass is 32.8. The molecule has 0 saturated heterocycles. The van der Waals surface area contributed by atoms with Gasteiger partial charge in [-0.3, -0.25) is 14.6 Å². The van der Waals surface area contributed by atoms with Crippen LogP contribution in [0.15, 0.2) is 41.2 Å². The Labute approximate surface area is 105 Å². The van der Waals surface area contributed by atoms with Crippen LogP contribution in [0.25, 0.3) is 0 Å². The van der Waals surface area contributed by atoms with Gasteiger partial charge in [0.05, 0.1) is 0 Å². The Morgan fingerprint density at radius 3 is 2.53 bits per heavy atom. The molecule has 8 heteroatoms. The van der Waals surface area contributed by atoms with E-state index in [0.29, 0.717) is 0 Å². The summed E-state index contributed by atoms with van der Waals surface area (Å²) in [4.78, 5) is 26.4. The Bertz CT molecular complexity index is 471. The molecule has 0 bridgehead atoms. The third-order valence-electron chi connectivity index (χ3n) is 1.69. The molecular formula is C9H10N4O2S2. The van der Waals surface area contributed by atoms with Gasteiger partial charge >= 0.3 is 0 Å². The molecule has 0 spiro atoms. The van der Waals surface area contributed by atoms with E-state index in [1.54, 1.807) is 24.5 Å². The topological polar surface area (TPSA) is 111 Å². The molecule has 1 aromatic heterocycles. The van der Waals surface area contributed by atoms with Gasteiger partial charge in [0.1, 0.15) is 5.57 Å². The van der Waals surface area contributed by atoms with Gasteiger partial charge in [-0.1, -0.05) is 0 Å². The summed E-state index contributed by atoms with van der Waals surface area (Å²) in [7, 11) is -0.808. The van der Waals surface area contributed by atoms with E-state index in [-0.39, 0.29) is 5.57 Å². The second-order valence-electron chi connectivity index (χ2n) is 2.86. The number of hydrogen-bond donors (Lipinski definition) is 3. The fourth-order valence-electron chi connectivity index (χ4n) is 0.901. The summed E-state index contributed by atoms with van der Waals surface area (Å²) in [5.74, 6) is -1.80. The second-order valence-corrected chi connectivity index (χ2v) is 5.11. The van der Waals surface area contributed by atoms with Crippen molar-refractivity contribution < 1.29 is 9.59 Å². The first-order chi connectivity index (χ1) is 8.02. The van der Waals surface area contributed by atoms with E-state index in [4.69, 9.17) is 22.7 Å². The molecular weight excluding hydrogens is 260 g/mol. The first-order valence-electron chi connectivity index (χ1n) is 4.40. The fraction of sp³-hybridized carbons (Fsp3) is 0. The highest BCUT2D eigenvalue weighted by Crippen LogP contribution is 2.01. The number of primary amides is 2. The predicted molar refractivity (Wildman–Crippen MR) is 66.8 cm³/mol. The van der Waals surface area contributed by atoms with Crippen LogP contribution >= 0.6 is 0 Å². The van der Waals surface area contributed by atoms with E-state index >= 15 is 0 Å². The highest BCUT2D eigenvalue weighted by Gasteiger charge is 2.11. The molecule has 0 aliphatic carbocycles. The van der Waals surface area contributed by atoms with E-state index < -0.39 is 21.5 Å². The summed E-state index contributed by atoms with van der Waals surface area (Å²) in [5, 5.41) is 0. The monoisotopic (exact) mass is 270 g/mol. The van der Waals surface area contributed by atoms with E-state index in [2.05, 4.69) is 9.71 Å². The van der Waals surface area contributed by atoms with Crippen LogP contribution in [0.4, 0.5) is 0 Å². The number of hydrogen-bond acceptors (Lipinski definition) is 4. The lowest BCUT2D eigenvalue weighted by atomic mass is 10.3. The summed E-state index contributed by atoms with van der Waals surface area (Å²) >= 11 is 5.12. The van der Waals surface area contributed by atoms with Crippen LogP contribution in [-0.4, -0.2) is 16.8 Å². The molecule has 0 fully saturated rings. The number of aromatic nitrogens is 1. The van der Waals surface area contributed by atoms with Crippen LogP contribution in [0.5, 0.6) is 0 Å². The zero-order valence-corrected chi connectivity index (χ0v) is 10.3. The Hall–Kier alpha value is -1.80. The number of nitrogens with one attached hydrogen (secondary N) is 1. The van der Waals surface area contributed by atoms with E-state index in [1.807, 2.05) is 0 Å². The number of pyridine rings is 1. The number of nitrogens with two attached hydrogens (primary N) is 2. The molecule has 1 unspecified atom stereocenters. The largest absolute Gasteiger partial charge is 0.365 e. The van der Waals surface area contributed by atoms with Crippen molar-refractivity contribution in [1.29, 1.82) is 0 Å². The normalized spacial score (nSPS) is 11.3. The van der Waals surface area contributed by atoms with Gasteiger partial charge in [-0.05, 0) is 23.3 Å². The SMILES string of the molecule is NC(=O)C(=CNS(=S)c1cccnc1)C(N)=O. The highest BCUT2D eigenvalue weighted by molar-refractivity contribution is 8.27. The first-order valence-corrected chi connectivity index (χ1v) is 6.55. The zero-order valence-electron chi connectivity index (χ0n) is 8.62. The van der Waals surface area contributed by atoms with E-state index in [9.17, 15) is 9.59 Å². The lowest BCUT2D eigenvalue weighted by Gasteiger charge is -2.05. The van der Waals surface area contributed by atoms with Crippen LogP contribution in [0.3, 0.4) is 0 Å². The van der Waals surface area contributed by atoms with Gasteiger partial charge in [0.2, 0.25) is 0 Å². The smallest absolute Gasteiger partial charge is 0.255 e. The van der Waals surface area contributed by atoms with Gasteiger partial charge < -0.3 is 16.2 Å². The van der Waals surface area contributed by atoms with Crippen molar-refractivity contribution in [3.05, 3.63) is 36.3 Å². The van der Waals surface area contributed by atoms with Crippen LogP contribution in [-0.2, 0) is 30.4 Å². The van der Waals surface area contributed by atoms with Gasteiger partial charge in [-0.2, -0.15) is 0 Å². The Balaban J connectivity index is 2.79. The predicted octanol–water partition coefficient (Wildman–Crippen LogP) is -1.12. The maximum atomic E-state index is 10.9. The summed E-state index contributed by atoms with van der Waals surface area (Å²) in [6.07, 6.45) is 4.34. The third kappa shape index (κ3) is 3.93. The molecule has 1 atom stereocenters. The Morgan fingerprint density at radius 2 is 2.06 bits per heavy atom. The minimum atomic E-state index is -0.900. The van der Waals surface area contributed by atoms with Crippen molar-refractivity contribution in [3.8, 4) is 0 Å². The quantitative estimate of drug-likeness (QED) is 0.356. The van der Waals surface area contributed by atoms with Crippen LogP contribution < -0.4 is 16.2 Å². The van der Waals surface area contributed by atoms with Gasteiger partial charge in [0.25, 0.3) is 11.8 Å². The van der Waals surface area contributed by atoms with Gasteiger partial charge in [-0.25, -0.2) is 0 Å². The molecule has 1 heterocycles. The molecule has 6 nitrogen and oxygen atoms in total. The van der Waals surface area contributed by atoms with Crippen molar-refractivity contribution in [3.63, 3.8) is 0 Å². The number of nitrogens with zero attached hydrogens (tertiary/aromatic N) is 1. The van der Waals surface area contributed by atoms with Crippen LogP contribution in [0, 0.1) is 0 Å². The standard InChI is InChI=1S/C9H10N4O2S2/c10-8(14)7(9(11)15)5-13-17(16)6-2-1-3-12-4-6/h1-5,13H,(H2,10,14)(H2,11,15). The lowest BCUT2D eigenvalue weighted by molar-refractivity contribution is -0.120. The number of carbonyl (C=O) groups is 2. The summed E-state index contributed by atoms with van der Waals surface area (Å²) in [5.41, 5.74) is 9.62. The molecule has 0 aliphatic heterocycles. The molecule has 0 radical (unpaired) electrons. The molecule has 17 heavy (non-hydrogen) atoms. The number of amides is 2. The van der Waals surface area contributed by atoms with Crippen LogP contribution in [0.2, 0.25) is 0 Å². The minimum Gasteiger partial charge on any atom is -0.365 e. The zero-order chi connectivity index (χ0) is 12.8. The number of carbonyl (C=O) groups excluding carboxylic acids is 2. The second kappa shape index (κ2) is 6.06. The van der Waals surface area contributed by atoms with E-state index in [1.165, 1.54) is 0 Å². The molecule has 0 aromatic carbocycles. The van der Waals surface area contributed by atoms with Crippen molar-refractivity contribution in [2.45, 2.75) is 4.90 Å².